The summed E-state index contributed by atoms with van der Waals surface area (Å²) in [7, 11) is 3.44. The van der Waals surface area contributed by atoms with Gasteiger partial charge in [0.05, 0.1) is 12.8 Å². The number of benzene rings is 1. The molecule has 1 unspecified atom stereocenters. The molecule has 1 aromatic rings. The van der Waals surface area contributed by atoms with Gasteiger partial charge in [0.2, 0.25) is 5.91 Å². The number of hydrogen-bond acceptors (Lipinski definition) is 4. The van der Waals surface area contributed by atoms with Crippen LogP contribution >= 0.6 is 35.6 Å². The molecule has 1 heterocycles. The lowest BCUT2D eigenvalue weighted by atomic mass is 10.2. The highest BCUT2D eigenvalue weighted by Crippen LogP contribution is 2.33. The van der Waals surface area contributed by atoms with E-state index in [-0.39, 0.29) is 35.9 Å². The first kappa shape index (κ1) is 23.9. The third kappa shape index (κ3) is 7.40. The summed E-state index contributed by atoms with van der Waals surface area (Å²) in [5.74, 6) is 1.75. The number of ether oxygens (including phenoxy) is 1. The zero-order chi connectivity index (χ0) is 19.9. The molecular weight excluding hydrogens is 505 g/mol. The first-order valence-corrected chi connectivity index (χ1v) is 10.3. The number of carbonyl (C=O) groups excluding carboxylic acids is 1. The van der Waals surface area contributed by atoms with E-state index in [9.17, 15) is 4.79 Å². The highest BCUT2D eigenvalue weighted by Gasteiger charge is 2.26. The van der Waals surface area contributed by atoms with E-state index in [0.29, 0.717) is 17.5 Å². The number of nitrogens with zero attached hydrogens (tertiary/aromatic N) is 2. The van der Waals surface area contributed by atoms with Crippen LogP contribution in [0.15, 0.2) is 23.2 Å². The Morgan fingerprint density at radius 1 is 1.28 bits per heavy atom. The average Bonchev–Trinajstić information content (AvgIpc) is 3.38. The van der Waals surface area contributed by atoms with Gasteiger partial charge in [-0.15, -0.1) is 24.0 Å². The third-order valence-electron chi connectivity index (χ3n) is 5.05. The molecule has 1 saturated carbocycles. The summed E-state index contributed by atoms with van der Waals surface area (Å²) >= 11 is 6.16. The summed E-state index contributed by atoms with van der Waals surface area (Å²) in [5, 5.41) is 10.5. The van der Waals surface area contributed by atoms with E-state index in [0.717, 1.165) is 62.7 Å². The van der Waals surface area contributed by atoms with Crippen LogP contribution in [-0.2, 0) is 4.79 Å². The average molecular weight is 536 g/mol. The second-order valence-electron chi connectivity index (χ2n) is 7.34. The van der Waals surface area contributed by atoms with E-state index in [4.69, 9.17) is 16.3 Å². The molecule has 1 aromatic carbocycles. The molecule has 1 amide bonds. The second-order valence-corrected chi connectivity index (χ2v) is 7.77. The van der Waals surface area contributed by atoms with Gasteiger partial charge in [-0.1, -0.05) is 11.6 Å². The van der Waals surface area contributed by atoms with Gasteiger partial charge in [-0.3, -0.25) is 9.79 Å². The Balaban J connectivity index is 0.00000300. The minimum Gasteiger partial charge on any atom is -0.495 e. The minimum atomic E-state index is 0. The fourth-order valence-corrected chi connectivity index (χ4v) is 3.54. The van der Waals surface area contributed by atoms with Gasteiger partial charge in [-0.2, -0.15) is 0 Å². The molecule has 1 aliphatic carbocycles. The van der Waals surface area contributed by atoms with Crippen molar-refractivity contribution in [3.05, 3.63) is 23.2 Å². The molecule has 0 radical (unpaired) electrons. The van der Waals surface area contributed by atoms with Gasteiger partial charge in [0.25, 0.3) is 0 Å². The summed E-state index contributed by atoms with van der Waals surface area (Å²) in [5.41, 5.74) is 1.02. The van der Waals surface area contributed by atoms with Crippen LogP contribution in [0.3, 0.4) is 0 Å². The maximum Gasteiger partial charge on any atom is 0.220 e. The molecule has 0 bridgehead atoms. The quantitative estimate of drug-likeness (QED) is 0.207. The van der Waals surface area contributed by atoms with Gasteiger partial charge in [-0.25, -0.2) is 0 Å². The van der Waals surface area contributed by atoms with E-state index >= 15 is 0 Å². The van der Waals surface area contributed by atoms with Crippen molar-refractivity contribution in [1.29, 1.82) is 0 Å². The highest BCUT2D eigenvalue weighted by atomic mass is 127. The first-order valence-electron chi connectivity index (χ1n) is 9.94. The van der Waals surface area contributed by atoms with Crippen molar-refractivity contribution < 1.29 is 9.53 Å². The SMILES string of the molecule is CN=C(NCCCC(=O)NC1CC1)NC1CCN(c2cc(Cl)ccc2OC)C1.I. The molecule has 1 saturated heterocycles. The van der Waals surface area contributed by atoms with E-state index in [2.05, 4.69) is 25.8 Å². The minimum absolute atomic E-state index is 0. The van der Waals surface area contributed by atoms with Crippen LogP contribution in [0, 0.1) is 0 Å². The topological polar surface area (TPSA) is 78.0 Å². The summed E-state index contributed by atoms with van der Waals surface area (Å²) in [6.45, 7) is 2.49. The normalized spacial score (nSPS) is 18.8. The van der Waals surface area contributed by atoms with Crippen molar-refractivity contribution >= 4 is 53.1 Å². The van der Waals surface area contributed by atoms with Gasteiger partial charge in [0.15, 0.2) is 5.96 Å². The third-order valence-corrected chi connectivity index (χ3v) is 5.28. The van der Waals surface area contributed by atoms with Gasteiger partial charge in [0, 0.05) is 50.2 Å². The summed E-state index contributed by atoms with van der Waals surface area (Å²) in [6, 6.07) is 6.40. The fraction of sp³-hybridized carbons (Fsp3) is 0.600. The molecule has 1 atom stereocenters. The van der Waals surface area contributed by atoms with Crippen LogP contribution in [0.1, 0.15) is 32.1 Å². The molecule has 9 heteroatoms. The van der Waals surface area contributed by atoms with Crippen molar-refractivity contribution in [2.24, 2.45) is 4.99 Å². The number of methoxy groups -OCH3 is 1. The Hall–Kier alpha value is -1.42. The van der Waals surface area contributed by atoms with Gasteiger partial charge < -0.3 is 25.6 Å². The molecule has 2 aliphatic rings. The maximum atomic E-state index is 11.7. The van der Waals surface area contributed by atoms with Crippen molar-refractivity contribution in [2.45, 2.75) is 44.2 Å². The number of halogens is 2. The number of aliphatic imine (C=N–C) groups is 1. The molecule has 7 nitrogen and oxygen atoms in total. The molecule has 0 aromatic heterocycles. The van der Waals surface area contributed by atoms with Crippen molar-refractivity contribution in [3.63, 3.8) is 0 Å². The molecule has 2 fully saturated rings. The predicted octanol–water partition coefficient (Wildman–Crippen LogP) is 2.77. The maximum absolute atomic E-state index is 11.7. The van der Waals surface area contributed by atoms with Crippen LogP contribution in [0.5, 0.6) is 5.75 Å². The Morgan fingerprint density at radius 3 is 2.76 bits per heavy atom. The van der Waals surface area contributed by atoms with Crippen molar-refractivity contribution in [3.8, 4) is 5.75 Å². The fourth-order valence-electron chi connectivity index (χ4n) is 3.38. The lowest BCUT2D eigenvalue weighted by molar-refractivity contribution is -0.121. The molecule has 1 aliphatic heterocycles. The lowest BCUT2D eigenvalue weighted by Gasteiger charge is -2.22. The predicted molar refractivity (Wildman–Crippen MR) is 129 cm³/mol. The Labute approximate surface area is 195 Å². The zero-order valence-electron chi connectivity index (χ0n) is 17.0. The van der Waals surface area contributed by atoms with Crippen LogP contribution < -0.4 is 25.6 Å². The monoisotopic (exact) mass is 535 g/mol. The van der Waals surface area contributed by atoms with E-state index in [1.54, 1.807) is 14.2 Å². The van der Waals surface area contributed by atoms with Crippen LogP contribution in [0.4, 0.5) is 5.69 Å². The van der Waals surface area contributed by atoms with E-state index in [1.165, 1.54) is 0 Å². The number of amides is 1. The smallest absolute Gasteiger partial charge is 0.220 e. The number of anilines is 1. The van der Waals surface area contributed by atoms with E-state index < -0.39 is 0 Å². The number of nitrogens with one attached hydrogen (secondary N) is 3. The number of rotatable bonds is 8. The van der Waals surface area contributed by atoms with Crippen LogP contribution in [0.25, 0.3) is 0 Å². The molecule has 3 rings (SSSR count). The molecule has 3 N–H and O–H groups in total. The summed E-state index contributed by atoms with van der Waals surface area (Å²) in [6.07, 6.45) is 4.59. The Bertz CT molecular complexity index is 714. The summed E-state index contributed by atoms with van der Waals surface area (Å²) in [4.78, 5) is 18.3. The zero-order valence-corrected chi connectivity index (χ0v) is 20.1. The molecule has 29 heavy (non-hydrogen) atoms. The largest absolute Gasteiger partial charge is 0.495 e. The second kappa shape index (κ2) is 11.7. The molecule has 0 spiro atoms. The van der Waals surface area contributed by atoms with Crippen LogP contribution in [-0.4, -0.2) is 57.7 Å². The standard InChI is InChI=1S/C20H30ClN5O2.HI/c1-22-20(23-10-3-4-19(27)24-15-6-7-15)25-16-9-11-26(13-16)17-12-14(21)5-8-18(17)28-2;/h5,8,12,15-16H,3-4,6-7,9-11,13H2,1-2H3,(H,24,27)(H2,22,23,25);1H. The Kier molecular flexibility index (Phi) is 9.61. The van der Waals surface area contributed by atoms with E-state index in [1.807, 2.05) is 18.2 Å². The van der Waals surface area contributed by atoms with Gasteiger partial charge in [0.1, 0.15) is 5.75 Å². The molecule has 162 valence electrons. The lowest BCUT2D eigenvalue weighted by Crippen LogP contribution is -2.45. The van der Waals surface area contributed by atoms with Gasteiger partial charge >= 0.3 is 0 Å². The summed E-state index contributed by atoms with van der Waals surface area (Å²) < 4.78 is 5.47. The van der Waals surface area contributed by atoms with Crippen molar-refractivity contribution in [1.82, 2.24) is 16.0 Å². The Morgan fingerprint density at radius 2 is 2.07 bits per heavy atom. The molecular formula is C20H31ClIN5O2. The number of guanidine groups is 1. The first-order chi connectivity index (χ1) is 13.6. The number of carbonyl (C=O) groups is 1. The van der Waals surface area contributed by atoms with Crippen LogP contribution in [0.2, 0.25) is 5.02 Å². The number of hydrogen-bond donors (Lipinski definition) is 3. The van der Waals surface area contributed by atoms with Gasteiger partial charge in [-0.05, 0) is 43.9 Å². The van der Waals surface area contributed by atoms with Crippen molar-refractivity contribution in [2.75, 3.05) is 38.7 Å². The highest BCUT2D eigenvalue weighted by molar-refractivity contribution is 14.0.